The topological polar surface area (TPSA) is 12.9 Å². The van der Waals surface area contributed by atoms with E-state index in [0.717, 1.165) is 19.6 Å². The predicted octanol–water partition coefficient (Wildman–Crippen LogP) is 3.71. The molecule has 1 nitrogen and oxygen atoms in total. The van der Waals surface area contributed by atoms with Gasteiger partial charge in [0.2, 0.25) is 0 Å². The van der Waals surface area contributed by atoms with Crippen LogP contribution in [0.4, 0.5) is 0 Å². The third-order valence-corrected chi connectivity index (χ3v) is 3.51. The van der Waals surface area contributed by atoms with Crippen LogP contribution in [0.1, 0.15) is 0 Å². The maximum atomic E-state index is 5.92. The lowest BCUT2D eigenvalue weighted by Crippen LogP contribution is -1.67. The average molecular weight is 249 g/mol. The lowest BCUT2D eigenvalue weighted by Gasteiger charge is -1.93. The minimum absolute atomic E-state index is 0.761. The van der Waals surface area contributed by atoms with Crippen LogP contribution in [-0.2, 0) is 0 Å². The monoisotopic (exact) mass is 247 g/mol. The molecule has 1 aromatic heterocycles. The van der Waals surface area contributed by atoms with Crippen LogP contribution in [0, 0.1) is 0 Å². The Morgan fingerprint density at radius 2 is 2.27 bits per heavy atom. The SMILES string of the molecule is Clc1ccc(Br)c2sncc12. The number of halogens is 2. The Kier molecular flexibility index (Phi) is 1.87. The Labute approximate surface area is 81.3 Å². The maximum Gasteiger partial charge on any atom is 0.0706 e. The molecule has 0 radical (unpaired) electrons. The van der Waals surface area contributed by atoms with Gasteiger partial charge in [-0.3, -0.25) is 0 Å². The van der Waals surface area contributed by atoms with Gasteiger partial charge in [0.05, 0.1) is 15.9 Å². The molecule has 0 aliphatic heterocycles. The van der Waals surface area contributed by atoms with E-state index in [-0.39, 0.29) is 0 Å². The first-order chi connectivity index (χ1) is 5.29. The number of hydrogen-bond donors (Lipinski definition) is 0. The molecule has 4 heteroatoms. The molecular weight excluding hydrogens is 246 g/mol. The number of fused-ring (bicyclic) bond motifs is 1. The summed E-state index contributed by atoms with van der Waals surface area (Å²) in [7, 11) is 0. The Hall–Kier alpha value is -0.120. The van der Waals surface area contributed by atoms with Gasteiger partial charge in [0.1, 0.15) is 0 Å². The van der Waals surface area contributed by atoms with E-state index in [1.54, 1.807) is 6.20 Å². The second kappa shape index (κ2) is 2.73. The molecule has 0 saturated carbocycles. The molecule has 1 heterocycles. The van der Waals surface area contributed by atoms with Crippen LogP contribution < -0.4 is 0 Å². The molecule has 0 spiro atoms. The molecule has 0 unspecified atom stereocenters. The van der Waals surface area contributed by atoms with Gasteiger partial charge >= 0.3 is 0 Å². The zero-order valence-electron chi connectivity index (χ0n) is 5.34. The molecule has 0 aliphatic carbocycles. The van der Waals surface area contributed by atoms with Crippen molar-refractivity contribution in [2.45, 2.75) is 0 Å². The fourth-order valence-corrected chi connectivity index (χ4v) is 2.40. The Bertz CT molecular complexity index is 362. The van der Waals surface area contributed by atoms with Gasteiger partial charge in [-0.1, -0.05) is 11.6 Å². The molecule has 0 saturated heterocycles. The summed E-state index contributed by atoms with van der Waals surface area (Å²) in [5, 5.41) is 1.78. The highest BCUT2D eigenvalue weighted by Crippen LogP contribution is 2.32. The van der Waals surface area contributed by atoms with E-state index in [4.69, 9.17) is 11.6 Å². The van der Waals surface area contributed by atoms with E-state index in [9.17, 15) is 0 Å². The van der Waals surface area contributed by atoms with Crippen molar-refractivity contribution in [3.63, 3.8) is 0 Å². The van der Waals surface area contributed by atoms with Crippen molar-refractivity contribution in [1.29, 1.82) is 0 Å². The minimum Gasteiger partial charge on any atom is -0.200 e. The molecule has 0 amide bonds. The van der Waals surface area contributed by atoms with Crippen molar-refractivity contribution >= 4 is 49.1 Å². The average Bonchev–Trinajstić information content (AvgIpc) is 2.45. The number of nitrogens with zero attached hydrogens (tertiary/aromatic N) is 1. The van der Waals surface area contributed by atoms with Crippen LogP contribution in [0.25, 0.3) is 10.1 Å². The molecule has 0 atom stereocenters. The van der Waals surface area contributed by atoms with Crippen molar-refractivity contribution < 1.29 is 0 Å². The Balaban J connectivity index is 2.96. The molecule has 0 bridgehead atoms. The van der Waals surface area contributed by atoms with Crippen molar-refractivity contribution in [2.75, 3.05) is 0 Å². The summed E-state index contributed by atoms with van der Waals surface area (Å²) in [5.74, 6) is 0. The first kappa shape index (κ1) is 7.53. The smallest absolute Gasteiger partial charge is 0.0706 e. The molecular formula is C7H3BrClNS. The maximum absolute atomic E-state index is 5.92. The second-order valence-electron chi connectivity index (χ2n) is 2.10. The fraction of sp³-hybridized carbons (Fsp3) is 0. The van der Waals surface area contributed by atoms with Gasteiger partial charge in [-0.05, 0) is 39.6 Å². The molecule has 56 valence electrons. The Morgan fingerprint density at radius 1 is 1.45 bits per heavy atom. The van der Waals surface area contributed by atoms with Crippen LogP contribution in [0.2, 0.25) is 5.02 Å². The third kappa shape index (κ3) is 1.17. The number of rotatable bonds is 0. The predicted molar refractivity (Wildman–Crippen MR) is 52.3 cm³/mol. The van der Waals surface area contributed by atoms with E-state index in [0.29, 0.717) is 0 Å². The van der Waals surface area contributed by atoms with E-state index >= 15 is 0 Å². The highest BCUT2D eigenvalue weighted by atomic mass is 79.9. The lowest BCUT2D eigenvalue weighted by molar-refractivity contribution is 1.60. The fourth-order valence-electron chi connectivity index (χ4n) is 0.894. The van der Waals surface area contributed by atoms with E-state index in [1.165, 1.54) is 11.5 Å². The Morgan fingerprint density at radius 3 is 3.00 bits per heavy atom. The number of hydrogen-bond acceptors (Lipinski definition) is 2. The molecule has 11 heavy (non-hydrogen) atoms. The van der Waals surface area contributed by atoms with E-state index < -0.39 is 0 Å². The lowest BCUT2D eigenvalue weighted by atomic mass is 10.3. The van der Waals surface area contributed by atoms with Gasteiger partial charge in [0.15, 0.2) is 0 Å². The van der Waals surface area contributed by atoms with Crippen LogP contribution in [-0.4, -0.2) is 4.37 Å². The van der Waals surface area contributed by atoms with Crippen molar-refractivity contribution in [1.82, 2.24) is 4.37 Å². The number of benzene rings is 1. The van der Waals surface area contributed by atoms with Gasteiger partial charge in [-0.2, -0.15) is 4.37 Å². The standard InChI is InChI=1S/C7H3BrClNS/c8-5-1-2-6(9)4-3-10-11-7(4)5/h1-3H. The summed E-state index contributed by atoms with van der Waals surface area (Å²) in [6.45, 7) is 0. The first-order valence-corrected chi connectivity index (χ1v) is 4.92. The highest BCUT2D eigenvalue weighted by Gasteiger charge is 2.03. The molecule has 2 rings (SSSR count). The molecule has 0 aliphatic rings. The van der Waals surface area contributed by atoms with Crippen molar-refractivity contribution in [3.8, 4) is 0 Å². The normalized spacial score (nSPS) is 10.7. The van der Waals surface area contributed by atoms with E-state index in [1.807, 2.05) is 12.1 Å². The van der Waals surface area contributed by atoms with Gasteiger partial charge in [-0.25, -0.2) is 0 Å². The summed E-state index contributed by atoms with van der Waals surface area (Å²) < 4.78 is 6.21. The zero-order chi connectivity index (χ0) is 7.84. The summed E-state index contributed by atoms with van der Waals surface area (Å²) >= 11 is 10.8. The van der Waals surface area contributed by atoms with Crippen LogP contribution in [0.3, 0.4) is 0 Å². The largest absolute Gasteiger partial charge is 0.200 e. The van der Waals surface area contributed by atoms with Crippen molar-refractivity contribution in [2.24, 2.45) is 0 Å². The second-order valence-corrected chi connectivity index (χ2v) is 4.16. The number of aromatic nitrogens is 1. The van der Waals surface area contributed by atoms with Gasteiger partial charge < -0.3 is 0 Å². The highest BCUT2D eigenvalue weighted by molar-refractivity contribution is 9.10. The summed E-state index contributed by atoms with van der Waals surface area (Å²) in [5.41, 5.74) is 0. The van der Waals surface area contributed by atoms with E-state index in [2.05, 4.69) is 20.3 Å². The summed E-state index contributed by atoms with van der Waals surface area (Å²) in [6.07, 6.45) is 1.78. The molecule has 0 N–H and O–H groups in total. The zero-order valence-corrected chi connectivity index (χ0v) is 8.50. The van der Waals surface area contributed by atoms with Gasteiger partial charge in [-0.15, -0.1) is 0 Å². The minimum atomic E-state index is 0.761. The molecule has 1 aromatic carbocycles. The van der Waals surface area contributed by atoms with Crippen molar-refractivity contribution in [3.05, 3.63) is 27.8 Å². The van der Waals surface area contributed by atoms with Gasteiger partial charge in [0, 0.05) is 9.86 Å². The van der Waals surface area contributed by atoms with Crippen LogP contribution in [0.15, 0.2) is 22.8 Å². The molecule has 2 aromatic rings. The van der Waals surface area contributed by atoms with Gasteiger partial charge in [0.25, 0.3) is 0 Å². The first-order valence-electron chi connectivity index (χ1n) is 2.97. The summed E-state index contributed by atoms with van der Waals surface area (Å²) in [4.78, 5) is 0. The third-order valence-electron chi connectivity index (χ3n) is 1.42. The molecule has 0 fully saturated rings. The quantitative estimate of drug-likeness (QED) is 0.692. The summed E-state index contributed by atoms with van der Waals surface area (Å²) in [6, 6.07) is 3.80. The van der Waals surface area contributed by atoms with Crippen LogP contribution in [0.5, 0.6) is 0 Å². The van der Waals surface area contributed by atoms with Crippen LogP contribution >= 0.6 is 39.1 Å².